The van der Waals surface area contributed by atoms with Gasteiger partial charge >= 0.3 is 0 Å². The normalized spacial score (nSPS) is 18.7. The second-order valence-corrected chi connectivity index (χ2v) is 5.47. The summed E-state index contributed by atoms with van der Waals surface area (Å²) in [5.74, 6) is 0.158. The van der Waals surface area contributed by atoms with Crippen LogP contribution < -0.4 is 5.32 Å². The number of nitrogens with one attached hydrogen (secondary N) is 1. The molecule has 0 spiro atoms. The molecule has 4 nitrogen and oxygen atoms in total. The van der Waals surface area contributed by atoms with E-state index in [1.54, 1.807) is 6.07 Å². The highest BCUT2D eigenvalue weighted by atomic mass is 127. The molecule has 78 valence electrons. The molecule has 0 atom stereocenters. The number of carbonyl (C=O) groups excluding carboxylic acids is 2. The van der Waals surface area contributed by atoms with Crippen LogP contribution in [0.5, 0.6) is 0 Å². The third-order valence-electron chi connectivity index (χ3n) is 1.58. The lowest BCUT2D eigenvalue weighted by atomic mass is 10.4. The number of furan rings is 1. The zero-order valence-electron chi connectivity index (χ0n) is 7.04. The predicted molar refractivity (Wildman–Crippen MR) is 68.2 cm³/mol. The predicted octanol–water partition coefficient (Wildman–Crippen LogP) is 2.97. The Hall–Kier alpha value is -0.280. The summed E-state index contributed by atoms with van der Waals surface area (Å²) in [6.07, 6.45) is 1.54. The van der Waals surface area contributed by atoms with Crippen molar-refractivity contribution in [1.29, 1.82) is 0 Å². The molecule has 0 unspecified atom stereocenters. The lowest BCUT2D eigenvalue weighted by Crippen LogP contribution is -2.17. The molecular formula is C8H3BrINO3S. The van der Waals surface area contributed by atoms with Gasteiger partial charge in [-0.3, -0.25) is 14.9 Å². The number of rotatable bonds is 1. The molecule has 2 heterocycles. The first kappa shape index (κ1) is 11.2. The maximum atomic E-state index is 11.2. The highest BCUT2D eigenvalue weighted by Gasteiger charge is 2.25. The number of halogens is 2. The first-order chi connectivity index (χ1) is 7.06. The number of hydrogen-bond acceptors (Lipinski definition) is 4. The summed E-state index contributed by atoms with van der Waals surface area (Å²) in [7, 11) is 0. The Morgan fingerprint density at radius 3 is 2.73 bits per heavy atom. The van der Waals surface area contributed by atoms with Gasteiger partial charge < -0.3 is 4.42 Å². The summed E-state index contributed by atoms with van der Waals surface area (Å²) in [5, 5.41) is 1.82. The SMILES string of the molecule is O=C1NC(=O)/C(=C\c2cc(Br)c(I)o2)S1. The molecule has 1 aromatic rings. The average Bonchev–Trinajstić information content (AvgIpc) is 2.59. The maximum Gasteiger partial charge on any atom is 0.290 e. The molecule has 1 N–H and O–H groups in total. The number of carbonyl (C=O) groups is 2. The van der Waals surface area contributed by atoms with Gasteiger partial charge in [-0.1, -0.05) is 0 Å². The minimum Gasteiger partial charge on any atom is -0.450 e. The van der Waals surface area contributed by atoms with E-state index in [1.807, 2.05) is 22.6 Å². The molecule has 2 rings (SSSR count). The van der Waals surface area contributed by atoms with Gasteiger partial charge in [0.15, 0.2) is 3.77 Å². The molecule has 2 amide bonds. The molecule has 15 heavy (non-hydrogen) atoms. The van der Waals surface area contributed by atoms with Crippen molar-refractivity contribution in [2.75, 3.05) is 0 Å². The minimum atomic E-state index is -0.382. The van der Waals surface area contributed by atoms with Gasteiger partial charge in [-0.25, -0.2) is 0 Å². The summed E-state index contributed by atoms with van der Waals surface area (Å²) < 4.78 is 6.85. The van der Waals surface area contributed by atoms with Crippen molar-refractivity contribution in [2.24, 2.45) is 0 Å². The third-order valence-corrected chi connectivity index (χ3v) is 4.52. The summed E-state index contributed by atoms with van der Waals surface area (Å²) in [4.78, 5) is 22.4. The van der Waals surface area contributed by atoms with Gasteiger partial charge in [-0.15, -0.1) is 0 Å². The van der Waals surface area contributed by atoms with Gasteiger partial charge in [-0.05, 0) is 33.8 Å². The van der Waals surface area contributed by atoms with Crippen LogP contribution in [0.2, 0.25) is 0 Å². The van der Waals surface area contributed by atoms with E-state index in [1.165, 1.54) is 6.08 Å². The molecule has 1 fully saturated rings. The summed E-state index contributed by atoms with van der Waals surface area (Å²) >= 11 is 6.18. The Morgan fingerprint density at radius 1 is 1.53 bits per heavy atom. The van der Waals surface area contributed by atoms with Crippen molar-refractivity contribution >= 4 is 67.5 Å². The van der Waals surface area contributed by atoms with Crippen molar-refractivity contribution in [2.45, 2.75) is 0 Å². The largest absolute Gasteiger partial charge is 0.450 e. The summed E-state index contributed by atoms with van der Waals surface area (Å²) in [6.45, 7) is 0. The Kier molecular flexibility index (Phi) is 3.21. The zero-order valence-corrected chi connectivity index (χ0v) is 11.6. The van der Waals surface area contributed by atoms with Gasteiger partial charge in [0.25, 0.3) is 11.1 Å². The van der Waals surface area contributed by atoms with Crippen molar-refractivity contribution < 1.29 is 14.0 Å². The van der Waals surface area contributed by atoms with Crippen molar-refractivity contribution in [3.05, 3.63) is 25.0 Å². The second-order valence-electron chi connectivity index (χ2n) is 2.62. The van der Waals surface area contributed by atoms with E-state index < -0.39 is 0 Å². The smallest absolute Gasteiger partial charge is 0.290 e. The van der Waals surface area contributed by atoms with Crippen LogP contribution in [0.15, 0.2) is 19.9 Å². The number of hydrogen-bond donors (Lipinski definition) is 1. The van der Waals surface area contributed by atoms with Crippen LogP contribution in [0.1, 0.15) is 5.76 Å². The van der Waals surface area contributed by atoms with E-state index in [2.05, 4.69) is 21.2 Å². The standard InChI is InChI=1S/C8H3BrINO3S/c9-4-1-3(14-6(4)10)2-5-7(12)11-8(13)15-5/h1-2H,(H,11,12,13)/b5-2+. The lowest BCUT2D eigenvalue weighted by molar-refractivity contribution is -0.115. The molecule has 1 saturated heterocycles. The number of amides is 2. The first-order valence-electron chi connectivity index (χ1n) is 3.76. The quantitative estimate of drug-likeness (QED) is 0.582. The van der Waals surface area contributed by atoms with E-state index in [0.717, 1.165) is 16.2 Å². The highest BCUT2D eigenvalue weighted by molar-refractivity contribution is 14.1. The van der Waals surface area contributed by atoms with Crippen LogP contribution in [0.3, 0.4) is 0 Å². The molecule has 1 aromatic heterocycles. The molecule has 0 saturated carbocycles. The first-order valence-corrected chi connectivity index (χ1v) is 6.45. The molecule has 0 aromatic carbocycles. The van der Waals surface area contributed by atoms with Crippen LogP contribution in [-0.4, -0.2) is 11.1 Å². The van der Waals surface area contributed by atoms with E-state index in [0.29, 0.717) is 14.4 Å². The van der Waals surface area contributed by atoms with Crippen molar-refractivity contribution in [3.63, 3.8) is 0 Å². The fraction of sp³-hybridized carbons (Fsp3) is 0. The Bertz CT molecular complexity index is 463. The van der Waals surface area contributed by atoms with E-state index in [9.17, 15) is 9.59 Å². The molecule has 0 bridgehead atoms. The molecular weight excluding hydrogens is 397 g/mol. The lowest BCUT2D eigenvalue weighted by Gasteiger charge is -1.87. The monoisotopic (exact) mass is 399 g/mol. The fourth-order valence-electron chi connectivity index (χ4n) is 0.985. The van der Waals surface area contributed by atoms with Crippen LogP contribution >= 0.6 is 50.3 Å². The van der Waals surface area contributed by atoms with E-state index in [-0.39, 0.29) is 11.1 Å². The minimum absolute atomic E-state index is 0.345. The molecule has 1 aliphatic heterocycles. The molecule has 0 aliphatic carbocycles. The van der Waals surface area contributed by atoms with Crippen LogP contribution in [0, 0.1) is 3.77 Å². The molecule has 1 aliphatic rings. The summed E-state index contributed by atoms with van der Waals surface area (Å²) in [5.41, 5.74) is 0. The van der Waals surface area contributed by atoms with Gasteiger partial charge in [0.2, 0.25) is 0 Å². The van der Waals surface area contributed by atoms with Gasteiger partial charge in [-0.2, -0.15) is 0 Å². The molecule has 7 heteroatoms. The summed E-state index contributed by atoms with van der Waals surface area (Å²) in [6, 6.07) is 1.74. The average molecular weight is 400 g/mol. The topological polar surface area (TPSA) is 59.3 Å². The Balaban J connectivity index is 2.30. The van der Waals surface area contributed by atoms with Crippen molar-refractivity contribution in [1.82, 2.24) is 5.32 Å². The van der Waals surface area contributed by atoms with Crippen molar-refractivity contribution in [3.8, 4) is 0 Å². The number of thioether (sulfide) groups is 1. The van der Waals surface area contributed by atoms with E-state index >= 15 is 0 Å². The Labute approximate surface area is 111 Å². The second kappa shape index (κ2) is 4.30. The van der Waals surface area contributed by atoms with Crippen LogP contribution in [-0.2, 0) is 4.79 Å². The van der Waals surface area contributed by atoms with Gasteiger partial charge in [0, 0.05) is 28.7 Å². The zero-order chi connectivity index (χ0) is 11.0. The van der Waals surface area contributed by atoms with E-state index in [4.69, 9.17) is 4.42 Å². The third kappa shape index (κ3) is 2.45. The van der Waals surface area contributed by atoms with Gasteiger partial charge in [0.1, 0.15) is 5.76 Å². The highest BCUT2D eigenvalue weighted by Crippen LogP contribution is 2.29. The fourth-order valence-corrected chi connectivity index (χ4v) is 2.36. The van der Waals surface area contributed by atoms with Gasteiger partial charge in [0.05, 0.1) is 9.38 Å². The Morgan fingerprint density at radius 2 is 2.27 bits per heavy atom. The van der Waals surface area contributed by atoms with Crippen LogP contribution in [0.4, 0.5) is 4.79 Å². The number of imide groups is 1. The van der Waals surface area contributed by atoms with Crippen LogP contribution in [0.25, 0.3) is 6.08 Å². The molecule has 0 radical (unpaired) electrons. The maximum absolute atomic E-state index is 11.2.